The maximum atomic E-state index is 13.3. The molecule has 0 spiro atoms. The molecule has 6 nitrogen and oxygen atoms in total. The normalized spacial score (nSPS) is 10.6. The molecule has 4 aromatic rings. The van der Waals surface area contributed by atoms with Gasteiger partial charge in [0.05, 0.1) is 23.4 Å². The molecule has 0 saturated heterocycles. The molecule has 0 unspecified atom stereocenters. The van der Waals surface area contributed by atoms with Crippen molar-refractivity contribution >= 4 is 34.2 Å². The maximum Gasteiger partial charge on any atom is 0.340 e. The summed E-state index contributed by atoms with van der Waals surface area (Å²) < 4.78 is 5.13. The number of hydrogen-bond acceptors (Lipinski definition) is 5. The summed E-state index contributed by atoms with van der Waals surface area (Å²) in [7, 11) is 0. The molecule has 0 aliphatic rings. The van der Waals surface area contributed by atoms with E-state index in [0.29, 0.717) is 27.7 Å². The van der Waals surface area contributed by atoms with Gasteiger partial charge in [-0.25, -0.2) is 4.79 Å². The second kappa shape index (κ2) is 8.67. The van der Waals surface area contributed by atoms with Gasteiger partial charge in [0.2, 0.25) is 11.2 Å². The number of H-pyrrole nitrogens is 1. The monoisotopic (exact) mass is 412 g/mol. The molecule has 0 aliphatic heterocycles. The topological polar surface area (TPSA) is 88.3 Å². The zero-order valence-corrected chi connectivity index (χ0v) is 16.8. The number of benzene rings is 3. The van der Waals surface area contributed by atoms with Crippen molar-refractivity contribution in [3.05, 3.63) is 106 Å². The Hall–Kier alpha value is -4.19. The van der Waals surface area contributed by atoms with E-state index in [0.717, 1.165) is 0 Å². The zero-order valence-electron chi connectivity index (χ0n) is 16.8. The molecule has 3 aromatic carbocycles. The number of ketones is 1. The van der Waals surface area contributed by atoms with Crippen molar-refractivity contribution in [3.8, 4) is 0 Å². The summed E-state index contributed by atoms with van der Waals surface area (Å²) in [5.74, 6) is -0.692. The van der Waals surface area contributed by atoms with E-state index in [2.05, 4.69) is 10.3 Å². The molecule has 2 N–H and O–H groups in total. The van der Waals surface area contributed by atoms with Crippen LogP contribution in [0, 0.1) is 0 Å². The van der Waals surface area contributed by atoms with Crippen LogP contribution in [0.2, 0.25) is 0 Å². The predicted molar refractivity (Wildman–Crippen MR) is 120 cm³/mol. The highest BCUT2D eigenvalue weighted by atomic mass is 16.5. The summed E-state index contributed by atoms with van der Waals surface area (Å²) in [5, 5.41) is 3.50. The van der Waals surface area contributed by atoms with Crippen LogP contribution >= 0.6 is 0 Å². The number of carbonyl (C=O) groups is 2. The summed E-state index contributed by atoms with van der Waals surface area (Å²) in [5.41, 5.74) is 1.28. The van der Waals surface area contributed by atoms with Gasteiger partial charge in [0.25, 0.3) is 0 Å². The van der Waals surface area contributed by atoms with E-state index in [-0.39, 0.29) is 23.4 Å². The number of aromatic amines is 1. The fraction of sp³-hybridized carbons (Fsp3) is 0.0800. The summed E-state index contributed by atoms with van der Waals surface area (Å²) in [4.78, 5) is 42.1. The molecule has 0 saturated carbocycles. The van der Waals surface area contributed by atoms with Gasteiger partial charge in [-0.2, -0.15) is 0 Å². The Morgan fingerprint density at radius 3 is 2.35 bits per heavy atom. The Morgan fingerprint density at radius 2 is 1.58 bits per heavy atom. The van der Waals surface area contributed by atoms with Crippen molar-refractivity contribution in [2.75, 3.05) is 11.9 Å². The summed E-state index contributed by atoms with van der Waals surface area (Å²) in [6.45, 7) is 1.96. The lowest BCUT2D eigenvalue weighted by Crippen LogP contribution is -2.20. The molecule has 154 valence electrons. The molecule has 1 aromatic heterocycles. The lowest BCUT2D eigenvalue weighted by molar-refractivity contribution is 0.0527. The number of aromatic nitrogens is 1. The van der Waals surface area contributed by atoms with Crippen molar-refractivity contribution in [1.29, 1.82) is 0 Å². The fourth-order valence-corrected chi connectivity index (χ4v) is 3.39. The molecule has 0 amide bonds. The molecule has 0 radical (unpaired) electrons. The zero-order chi connectivity index (χ0) is 21.8. The number of esters is 1. The highest BCUT2D eigenvalue weighted by molar-refractivity contribution is 6.13. The molecule has 0 bridgehead atoms. The maximum absolute atomic E-state index is 13.3. The molecule has 31 heavy (non-hydrogen) atoms. The van der Waals surface area contributed by atoms with Gasteiger partial charge < -0.3 is 15.0 Å². The van der Waals surface area contributed by atoms with Crippen molar-refractivity contribution < 1.29 is 14.3 Å². The van der Waals surface area contributed by atoms with Crippen LogP contribution in [0.1, 0.15) is 33.2 Å². The SMILES string of the molecule is CCOC(=O)c1ccccc1Nc1[nH]c2ccccc2c(=O)c1C(=O)c1ccccc1. The third kappa shape index (κ3) is 3.96. The molecule has 0 atom stereocenters. The predicted octanol–water partition coefficient (Wildman–Crippen LogP) is 4.68. The lowest BCUT2D eigenvalue weighted by Gasteiger charge is -2.15. The van der Waals surface area contributed by atoms with Crippen LogP contribution in [0.15, 0.2) is 83.7 Å². The Morgan fingerprint density at radius 1 is 0.903 bits per heavy atom. The molecule has 0 fully saturated rings. The van der Waals surface area contributed by atoms with Crippen molar-refractivity contribution in [2.45, 2.75) is 6.92 Å². The minimum atomic E-state index is -0.496. The number of pyridine rings is 1. The van der Waals surface area contributed by atoms with Crippen LogP contribution in [0.3, 0.4) is 0 Å². The van der Waals surface area contributed by atoms with Gasteiger partial charge in [-0.3, -0.25) is 9.59 Å². The number of rotatable bonds is 6. The van der Waals surface area contributed by atoms with Gasteiger partial charge >= 0.3 is 5.97 Å². The highest BCUT2D eigenvalue weighted by Crippen LogP contribution is 2.25. The standard InChI is InChI=1S/C25H20N2O4/c1-2-31-25(30)18-13-7-9-15-20(18)27-24-21(22(28)16-10-4-3-5-11-16)23(29)17-12-6-8-14-19(17)26-24/h3-15H,2H2,1H3,(H2,26,27,29). The van der Waals surface area contributed by atoms with Crippen LogP contribution in [0.4, 0.5) is 11.5 Å². The molecule has 6 heteroatoms. The molecule has 1 heterocycles. The summed E-state index contributed by atoms with van der Waals surface area (Å²) in [6, 6.07) is 22.4. The average Bonchev–Trinajstić information content (AvgIpc) is 2.80. The van der Waals surface area contributed by atoms with Crippen molar-refractivity contribution in [1.82, 2.24) is 4.98 Å². The third-order valence-electron chi connectivity index (χ3n) is 4.85. The van der Waals surface area contributed by atoms with Crippen LogP contribution in [0.5, 0.6) is 0 Å². The van der Waals surface area contributed by atoms with Crippen LogP contribution in [-0.2, 0) is 4.74 Å². The van der Waals surface area contributed by atoms with Gasteiger partial charge in [0, 0.05) is 10.9 Å². The van der Waals surface area contributed by atoms with Gasteiger partial charge in [-0.15, -0.1) is 0 Å². The van der Waals surface area contributed by atoms with Gasteiger partial charge in [0.1, 0.15) is 11.4 Å². The van der Waals surface area contributed by atoms with E-state index in [1.807, 2.05) is 0 Å². The Labute approximate surface area is 178 Å². The highest BCUT2D eigenvalue weighted by Gasteiger charge is 2.22. The first-order valence-electron chi connectivity index (χ1n) is 9.88. The Kier molecular flexibility index (Phi) is 5.62. The van der Waals surface area contributed by atoms with Crippen molar-refractivity contribution in [2.24, 2.45) is 0 Å². The van der Waals surface area contributed by atoms with Crippen molar-refractivity contribution in [3.63, 3.8) is 0 Å². The van der Waals surface area contributed by atoms with Gasteiger partial charge in [-0.1, -0.05) is 54.6 Å². The minimum absolute atomic E-state index is 0.0245. The number of anilines is 2. The van der Waals surface area contributed by atoms with Gasteiger partial charge in [0.15, 0.2) is 0 Å². The molecular weight excluding hydrogens is 392 g/mol. The average molecular weight is 412 g/mol. The molecular formula is C25H20N2O4. The van der Waals surface area contributed by atoms with E-state index in [1.54, 1.807) is 85.8 Å². The number of para-hydroxylation sites is 2. The first-order valence-corrected chi connectivity index (χ1v) is 9.88. The van der Waals surface area contributed by atoms with E-state index >= 15 is 0 Å². The van der Waals surface area contributed by atoms with Crippen LogP contribution in [-0.4, -0.2) is 23.3 Å². The first kappa shape index (κ1) is 20.1. The number of fused-ring (bicyclic) bond motifs is 1. The minimum Gasteiger partial charge on any atom is -0.462 e. The van der Waals surface area contributed by atoms with E-state index < -0.39 is 11.8 Å². The summed E-state index contributed by atoms with van der Waals surface area (Å²) in [6.07, 6.45) is 0. The summed E-state index contributed by atoms with van der Waals surface area (Å²) >= 11 is 0. The van der Waals surface area contributed by atoms with Gasteiger partial charge in [-0.05, 0) is 31.2 Å². The number of ether oxygens (including phenoxy) is 1. The number of nitrogens with one attached hydrogen (secondary N) is 2. The van der Waals surface area contributed by atoms with E-state index in [4.69, 9.17) is 4.74 Å². The quantitative estimate of drug-likeness (QED) is 0.355. The fourth-order valence-electron chi connectivity index (χ4n) is 3.39. The Balaban J connectivity index is 1.90. The largest absolute Gasteiger partial charge is 0.462 e. The van der Waals surface area contributed by atoms with E-state index in [9.17, 15) is 14.4 Å². The Bertz CT molecular complexity index is 1330. The molecule has 4 rings (SSSR count). The smallest absolute Gasteiger partial charge is 0.340 e. The third-order valence-corrected chi connectivity index (χ3v) is 4.85. The number of hydrogen-bond donors (Lipinski definition) is 2. The van der Waals surface area contributed by atoms with E-state index in [1.165, 1.54) is 0 Å². The molecule has 0 aliphatic carbocycles. The van der Waals surface area contributed by atoms with Crippen LogP contribution < -0.4 is 10.7 Å². The first-order chi connectivity index (χ1) is 15.1. The second-order valence-corrected chi connectivity index (χ2v) is 6.84. The number of carbonyl (C=O) groups excluding carboxylic acids is 2. The second-order valence-electron chi connectivity index (χ2n) is 6.84. The van der Waals surface area contributed by atoms with Crippen LogP contribution in [0.25, 0.3) is 10.9 Å². The lowest BCUT2D eigenvalue weighted by atomic mass is 10.0.